The van der Waals surface area contributed by atoms with Gasteiger partial charge in [0.15, 0.2) is 5.96 Å². The molecule has 0 bridgehead atoms. The van der Waals surface area contributed by atoms with Crippen LogP contribution in [0.15, 0.2) is 65.8 Å². The molecule has 8 heteroatoms. The van der Waals surface area contributed by atoms with Crippen LogP contribution in [0.1, 0.15) is 31.9 Å². The zero-order valence-corrected chi connectivity index (χ0v) is 18.6. The molecule has 1 amide bonds. The van der Waals surface area contributed by atoms with Gasteiger partial charge in [0.05, 0.1) is 11.6 Å². The highest BCUT2D eigenvalue weighted by atomic mass is 19.1. The second-order valence-corrected chi connectivity index (χ2v) is 8.71. The van der Waals surface area contributed by atoms with E-state index in [0.29, 0.717) is 12.1 Å². The van der Waals surface area contributed by atoms with Crippen LogP contribution in [-0.2, 0) is 16.9 Å². The molecule has 0 fully saturated rings. The number of hydrogen-bond acceptors (Lipinski definition) is 5. The Balaban J connectivity index is 1.85. The maximum absolute atomic E-state index is 15.3. The zero-order valence-electron chi connectivity index (χ0n) is 18.6. The van der Waals surface area contributed by atoms with E-state index in [2.05, 4.69) is 15.2 Å². The van der Waals surface area contributed by atoms with Gasteiger partial charge >= 0.3 is 0 Å². The minimum atomic E-state index is -1.19. The van der Waals surface area contributed by atoms with Crippen LogP contribution in [0.2, 0.25) is 0 Å². The standard InChI is InChI=1S/C24H27FN6O/c1-23(2)21(32)30(4)22(26)28-24(23,3)18-14-17(10-11-19(18)25)31(20-12-13-27-29-20)15-16-8-6-5-7-9-16/h5-14H,15H2,1-4H3,(H2,26,28)(H,27,29)/t24-/m1/s1. The van der Waals surface area contributed by atoms with E-state index >= 15 is 4.39 Å². The average Bonchev–Trinajstić information content (AvgIpc) is 3.31. The second kappa shape index (κ2) is 7.78. The van der Waals surface area contributed by atoms with Gasteiger partial charge in [-0.3, -0.25) is 14.8 Å². The molecule has 1 aromatic heterocycles. The molecule has 0 unspecified atom stereocenters. The molecular weight excluding hydrogens is 407 g/mol. The van der Waals surface area contributed by atoms with Crippen molar-refractivity contribution in [2.45, 2.75) is 32.9 Å². The first-order valence-electron chi connectivity index (χ1n) is 10.4. The Bertz CT molecular complexity index is 1160. The molecule has 0 saturated carbocycles. The summed E-state index contributed by atoms with van der Waals surface area (Å²) in [6, 6.07) is 16.7. The van der Waals surface area contributed by atoms with Crippen molar-refractivity contribution >= 4 is 23.4 Å². The van der Waals surface area contributed by atoms with E-state index in [0.717, 1.165) is 17.1 Å². The summed E-state index contributed by atoms with van der Waals surface area (Å²) in [5.41, 5.74) is 5.97. The predicted octanol–water partition coefficient (Wildman–Crippen LogP) is 3.92. The lowest BCUT2D eigenvalue weighted by molar-refractivity contribution is -0.140. The fourth-order valence-electron chi connectivity index (χ4n) is 4.11. The molecule has 3 aromatic rings. The van der Waals surface area contributed by atoms with Crippen molar-refractivity contribution in [2.75, 3.05) is 11.9 Å². The van der Waals surface area contributed by atoms with Gasteiger partial charge in [0.1, 0.15) is 17.2 Å². The highest BCUT2D eigenvalue weighted by Crippen LogP contribution is 2.48. The summed E-state index contributed by atoms with van der Waals surface area (Å²) in [4.78, 5) is 20.9. The average molecular weight is 435 g/mol. The van der Waals surface area contributed by atoms with Gasteiger partial charge < -0.3 is 10.6 Å². The number of H-pyrrole nitrogens is 1. The highest BCUT2D eigenvalue weighted by molar-refractivity contribution is 6.01. The quantitative estimate of drug-likeness (QED) is 0.637. The zero-order chi connectivity index (χ0) is 23.1. The molecule has 1 aliphatic heterocycles. The number of aromatic nitrogens is 2. The summed E-state index contributed by atoms with van der Waals surface area (Å²) in [6.07, 6.45) is 1.67. The molecule has 2 aromatic carbocycles. The molecular formula is C24H27FN6O. The van der Waals surface area contributed by atoms with Crippen LogP contribution in [0.4, 0.5) is 15.9 Å². The number of nitrogens with one attached hydrogen (secondary N) is 1. The summed E-state index contributed by atoms with van der Waals surface area (Å²) < 4.78 is 15.3. The second-order valence-electron chi connectivity index (χ2n) is 8.71. The fourth-order valence-corrected chi connectivity index (χ4v) is 4.11. The molecule has 0 saturated heterocycles. The van der Waals surface area contributed by atoms with E-state index in [1.54, 1.807) is 46.1 Å². The van der Waals surface area contributed by atoms with Crippen LogP contribution in [-0.4, -0.2) is 34.0 Å². The van der Waals surface area contributed by atoms with Gasteiger partial charge in [-0.05, 0) is 44.5 Å². The van der Waals surface area contributed by atoms with Crippen molar-refractivity contribution in [1.82, 2.24) is 15.1 Å². The van der Waals surface area contributed by atoms with Crippen LogP contribution in [0.5, 0.6) is 0 Å². The van der Waals surface area contributed by atoms with Gasteiger partial charge in [0.2, 0.25) is 5.91 Å². The first-order valence-corrected chi connectivity index (χ1v) is 10.4. The summed E-state index contributed by atoms with van der Waals surface area (Å²) in [7, 11) is 1.58. The van der Waals surface area contributed by atoms with E-state index in [4.69, 9.17) is 5.73 Å². The third-order valence-corrected chi connectivity index (χ3v) is 6.48. The number of rotatable bonds is 5. The SMILES string of the molecule is CN1C(=O)C(C)(C)[C@@](C)(c2cc(N(Cc3ccccc3)c3ccn[nH]3)ccc2F)N=C1N. The summed E-state index contributed by atoms with van der Waals surface area (Å²) in [5.74, 6) is 0.171. The molecule has 4 rings (SSSR count). The van der Waals surface area contributed by atoms with Crippen LogP contribution >= 0.6 is 0 Å². The molecule has 0 aliphatic carbocycles. The molecule has 1 aliphatic rings. The molecule has 2 heterocycles. The number of anilines is 2. The first-order chi connectivity index (χ1) is 15.1. The van der Waals surface area contributed by atoms with Crippen molar-refractivity contribution in [3.05, 3.63) is 77.7 Å². The Hall–Kier alpha value is -3.68. The number of carbonyl (C=O) groups excluding carboxylic acids is 1. The third-order valence-electron chi connectivity index (χ3n) is 6.48. The number of amides is 1. The number of nitrogens with two attached hydrogens (primary N) is 1. The van der Waals surface area contributed by atoms with E-state index < -0.39 is 16.8 Å². The molecule has 166 valence electrons. The molecule has 0 spiro atoms. The van der Waals surface area contributed by atoms with Gasteiger partial charge in [-0.25, -0.2) is 9.38 Å². The largest absolute Gasteiger partial charge is 0.369 e. The van der Waals surface area contributed by atoms with Crippen LogP contribution in [0, 0.1) is 11.2 Å². The number of guanidine groups is 1. The predicted molar refractivity (Wildman–Crippen MR) is 123 cm³/mol. The number of aliphatic imine (C=N–C) groups is 1. The number of aromatic amines is 1. The molecule has 0 radical (unpaired) electrons. The van der Waals surface area contributed by atoms with Crippen molar-refractivity contribution in [2.24, 2.45) is 16.1 Å². The van der Waals surface area contributed by atoms with E-state index in [1.807, 2.05) is 41.3 Å². The lowest BCUT2D eigenvalue weighted by Gasteiger charge is -2.46. The van der Waals surface area contributed by atoms with Crippen molar-refractivity contribution in [3.63, 3.8) is 0 Å². The van der Waals surface area contributed by atoms with Gasteiger partial charge in [-0.15, -0.1) is 0 Å². The van der Waals surface area contributed by atoms with E-state index in [-0.39, 0.29) is 11.9 Å². The van der Waals surface area contributed by atoms with Crippen LogP contribution < -0.4 is 10.6 Å². The van der Waals surface area contributed by atoms with Gasteiger partial charge in [0.25, 0.3) is 0 Å². The minimum absolute atomic E-state index is 0.0661. The summed E-state index contributed by atoms with van der Waals surface area (Å²) in [5, 5.41) is 7.06. The van der Waals surface area contributed by atoms with Gasteiger partial charge in [-0.2, -0.15) is 5.10 Å². The highest BCUT2D eigenvalue weighted by Gasteiger charge is 2.53. The van der Waals surface area contributed by atoms with Gasteiger partial charge in [-0.1, -0.05) is 30.3 Å². The first kappa shape index (κ1) is 21.5. The Labute approximate surface area is 186 Å². The lowest BCUT2D eigenvalue weighted by atomic mass is 9.67. The van der Waals surface area contributed by atoms with Crippen molar-refractivity contribution < 1.29 is 9.18 Å². The lowest BCUT2D eigenvalue weighted by Crippen LogP contribution is -2.58. The number of nitrogens with zero attached hydrogens (tertiary/aromatic N) is 4. The third kappa shape index (κ3) is 3.41. The number of hydrogen-bond donors (Lipinski definition) is 2. The topological polar surface area (TPSA) is 90.6 Å². The number of halogens is 1. The summed E-state index contributed by atoms with van der Waals surface area (Å²) in [6.45, 7) is 5.83. The van der Waals surface area contributed by atoms with Gasteiger partial charge in [0, 0.05) is 30.9 Å². The molecule has 3 N–H and O–H groups in total. The molecule has 32 heavy (non-hydrogen) atoms. The Morgan fingerprint density at radius 1 is 1.12 bits per heavy atom. The van der Waals surface area contributed by atoms with Crippen molar-refractivity contribution in [3.8, 4) is 0 Å². The normalized spacial score (nSPS) is 20.2. The number of carbonyl (C=O) groups is 1. The maximum atomic E-state index is 15.3. The Morgan fingerprint density at radius 2 is 1.84 bits per heavy atom. The smallest absolute Gasteiger partial charge is 0.237 e. The molecule has 7 nitrogen and oxygen atoms in total. The van der Waals surface area contributed by atoms with E-state index in [9.17, 15) is 4.79 Å². The number of benzene rings is 2. The Morgan fingerprint density at radius 3 is 2.50 bits per heavy atom. The maximum Gasteiger partial charge on any atom is 0.237 e. The molecule has 1 atom stereocenters. The monoisotopic (exact) mass is 434 g/mol. The Kier molecular flexibility index (Phi) is 5.24. The fraction of sp³-hybridized carbons (Fsp3) is 0.292. The van der Waals surface area contributed by atoms with Crippen molar-refractivity contribution in [1.29, 1.82) is 0 Å². The van der Waals surface area contributed by atoms with Crippen LogP contribution in [0.3, 0.4) is 0 Å². The minimum Gasteiger partial charge on any atom is -0.369 e. The van der Waals surface area contributed by atoms with Crippen LogP contribution in [0.25, 0.3) is 0 Å². The van der Waals surface area contributed by atoms with E-state index in [1.165, 1.54) is 11.0 Å². The summed E-state index contributed by atoms with van der Waals surface area (Å²) >= 11 is 0.